The van der Waals surface area contributed by atoms with Crippen LogP contribution in [0.5, 0.6) is 0 Å². The molecule has 19 heavy (non-hydrogen) atoms. The summed E-state index contributed by atoms with van der Waals surface area (Å²) in [4.78, 5) is 12.1. The fourth-order valence-corrected chi connectivity index (χ4v) is 4.88. The van der Waals surface area contributed by atoms with Gasteiger partial charge in [-0.1, -0.05) is 0 Å². The molecule has 1 amide bonds. The smallest absolute Gasteiger partial charge is 0.239 e. The van der Waals surface area contributed by atoms with E-state index in [1.54, 1.807) is 11.8 Å². The highest BCUT2D eigenvalue weighted by Gasteiger charge is 2.23. The van der Waals surface area contributed by atoms with Crippen LogP contribution < -0.4 is 10.6 Å². The van der Waals surface area contributed by atoms with Gasteiger partial charge in [0.05, 0.1) is 11.3 Å². The van der Waals surface area contributed by atoms with E-state index in [9.17, 15) is 4.79 Å². The molecule has 0 bridgehead atoms. The summed E-state index contributed by atoms with van der Waals surface area (Å²) in [6.07, 6.45) is 3.06. The van der Waals surface area contributed by atoms with E-state index in [0.717, 1.165) is 36.8 Å². The van der Waals surface area contributed by atoms with Crippen molar-refractivity contribution >= 4 is 35.2 Å². The quantitative estimate of drug-likeness (QED) is 0.878. The molecule has 0 aliphatic carbocycles. The first-order valence-corrected chi connectivity index (χ1v) is 8.79. The normalized spacial score (nSPS) is 27.4. The largest absolute Gasteiger partial charge is 0.315 e. The van der Waals surface area contributed by atoms with E-state index in [0.29, 0.717) is 11.9 Å². The minimum Gasteiger partial charge on any atom is -0.315 e. The molecule has 2 aliphatic heterocycles. The predicted octanol–water partition coefficient (Wildman–Crippen LogP) is 1.20. The lowest BCUT2D eigenvalue weighted by molar-refractivity contribution is -0.115. The Hall–Kier alpha value is -0.660. The Morgan fingerprint density at radius 1 is 1.53 bits per heavy atom. The van der Waals surface area contributed by atoms with Crippen molar-refractivity contribution in [2.45, 2.75) is 17.7 Å². The molecule has 1 aromatic rings. The number of carbonyl (C=O) groups excluding carboxylic acids is 1. The molecular weight excluding hydrogens is 280 g/mol. The van der Waals surface area contributed by atoms with Crippen LogP contribution in [0.25, 0.3) is 0 Å². The van der Waals surface area contributed by atoms with Gasteiger partial charge in [-0.15, -0.1) is 11.8 Å². The topological polar surface area (TPSA) is 59.0 Å². The zero-order valence-electron chi connectivity index (χ0n) is 10.7. The second kappa shape index (κ2) is 6.19. The van der Waals surface area contributed by atoms with Gasteiger partial charge in [0.25, 0.3) is 0 Å². The molecule has 3 heterocycles. The Morgan fingerprint density at radius 2 is 2.47 bits per heavy atom. The molecule has 0 unspecified atom stereocenters. The number of hydrogen-bond acceptors (Lipinski definition) is 5. The number of nitrogens with zero attached hydrogens (tertiary/aromatic N) is 2. The minimum atomic E-state index is 0.0667. The zero-order chi connectivity index (χ0) is 13.1. The van der Waals surface area contributed by atoms with E-state index in [2.05, 4.69) is 15.7 Å². The Morgan fingerprint density at radius 3 is 3.21 bits per heavy atom. The van der Waals surface area contributed by atoms with Gasteiger partial charge in [0.1, 0.15) is 0 Å². The molecule has 3 rings (SSSR count). The molecule has 0 spiro atoms. The first kappa shape index (κ1) is 13.3. The molecular formula is C12H18N4OS2. The summed E-state index contributed by atoms with van der Waals surface area (Å²) in [6, 6.07) is 2.31. The first-order chi connectivity index (χ1) is 9.33. The highest BCUT2D eigenvalue weighted by Crippen LogP contribution is 2.25. The number of rotatable bonds is 3. The summed E-state index contributed by atoms with van der Waals surface area (Å²) in [6.45, 7) is 2.01. The van der Waals surface area contributed by atoms with E-state index < -0.39 is 0 Å². The van der Waals surface area contributed by atoms with Crippen molar-refractivity contribution in [1.29, 1.82) is 0 Å². The summed E-state index contributed by atoms with van der Waals surface area (Å²) in [7, 11) is 0. The number of thioether (sulfide) groups is 2. The number of anilines is 1. The molecule has 1 aromatic heterocycles. The lowest BCUT2D eigenvalue weighted by Crippen LogP contribution is -2.30. The Kier molecular flexibility index (Phi) is 4.35. The highest BCUT2D eigenvalue weighted by atomic mass is 32.2. The summed E-state index contributed by atoms with van der Waals surface area (Å²) >= 11 is 3.60. The monoisotopic (exact) mass is 298 g/mol. The van der Waals surface area contributed by atoms with Crippen LogP contribution in [0.2, 0.25) is 0 Å². The molecule has 0 saturated carbocycles. The van der Waals surface area contributed by atoms with Crippen molar-refractivity contribution in [3.05, 3.63) is 12.3 Å². The van der Waals surface area contributed by atoms with Crippen LogP contribution in [-0.2, 0) is 4.79 Å². The molecule has 2 atom stereocenters. The van der Waals surface area contributed by atoms with Gasteiger partial charge in [-0.2, -0.15) is 16.9 Å². The molecule has 2 aliphatic rings. The number of amides is 1. The van der Waals surface area contributed by atoms with Gasteiger partial charge in [0.2, 0.25) is 5.91 Å². The number of carbonyl (C=O) groups is 1. The molecule has 0 aromatic carbocycles. The van der Waals surface area contributed by atoms with Crippen LogP contribution in [-0.4, -0.2) is 51.3 Å². The Labute approximate surface area is 121 Å². The third-order valence-corrected chi connectivity index (χ3v) is 6.13. The molecule has 104 valence electrons. The lowest BCUT2D eigenvalue weighted by Gasteiger charge is -2.19. The van der Waals surface area contributed by atoms with E-state index >= 15 is 0 Å². The van der Waals surface area contributed by atoms with E-state index in [1.807, 2.05) is 28.7 Å². The fourth-order valence-electron chi connectivity index (χ4n) is 2.32. The summed E-state index contributed by atoms with van der Waals surface area (Å²) < 4.78 is 1.96. The van der Waals surface area contributed by atoms with Gasteiger partial charge in [0, 0.05) is 36.1 Å². The Balaban J connectivity index is 1.58. The molecule has 2 N–H and O–H groups in total. The fraction of sp³-hybridized carbons (Fsp3) is 0.667. The molecule has 0 radical (unpaired) electrons. The number of hydrogen-bond donors (Lipinski definition) is 2. The molecule has 7 heteroatoms. The van der Waals surface area contributed by atoms with Crippen molar-refractivity contribution in [2.24, 2.45) is 0 Å². The van der Waals surface area contributed by atoms with Gasteiger partial charge < -0.3 is 10.6 Å². The van der Waals surface area contributed by atoms with Gasteiger partial charge in [-0.05, 0) is 13.0 Å². The predicted molar refractivity (Wildman–Crippen MR) is 81.0 cm³/mol. The zero-order valence-corrected chi connectivity index (χ0v) is 12.3. The standard InChI is InChI=1S/C12H18N4OS2/c17-12(10-8-18-5-6-19-10)14-11-2-4-16(15-11)9-1-3-13-7-9/h2,4,9-10,13H,1,3,5-8H2,(H,14,15,17)/t9-,10-/m1/s1. The van der Waals surface area contributed by atoms with Crippen molar-refractivity contribution < 1.29 is 4.79 Å². The maximum absolute atomic E-state index is 12.1. The van der Waals surface area contributed by atoms with Gasteiger partial charge >= 0.3 is 0 Å². The lowest BCUT2D eigenvalue weighted by atomic mass is 10.3. The van der Waals surface area contributed by atoms with Crippen molar-refractivity contribution in [3.8, 4) is 0 Å². The highest BCUT2D eigenvalue weighted by molar-refractivity contribution is 8.07. The average Bonchev–Trinajstić information content (AvgIpc) is 3.10. The van der Waals surface area contributed by atoms with E-state index in [4.69, 9.17) is 0 Å². The third kappa shape index (κ3) is 3.27. The van der Waals surface area contributed by atoms with Gasteiger partial charge in [0.15, 0.2) is 5.82 Å². The minimum absolute atomic E-state index is 0.0667. The van der Waals surface area contributed by atoms with Crippen molar-refractivity contribution in [2.75, 3.05) is 35.7 Å². The molecule has 2 fully saturated rings. The van der Waals surface area contributed by atoms with Crippen LogP contribution >= 0.6 is 23.5 Å². The second-order valence-electron chi connectivity index (χ2n) is 4.75. The molecule has 2 saturated heterocycles. The third-order valence-electron chi connectivity index (χ3n) is 3.38. The van der Waals surface area contributed by atoms with E-state index in [-0.39, 0.29) is 11.2 Å². The SMILES string of the molecule is O=C(Nc1ccn([C@@H]2CCNC2)n1)[C@H]1CSCCS1. The van der Waals surface area contributed by atoms with Crippen LogP contribution in [0.4, 0.5) is 5.82 Å². The number of nitrogens with one attached hydrogen (secondary N) is 2. The van der Waals surface area contributed by atoms with Crippen LogP contribution in [0, 0.1) is 0 Å². The van der Waals surface area contributed by atoms with Crippen LogP contribution in [0.1, 0.15) is 12.5 Å². The Bertz CT molecular complexity index is 439. The molecule has 5 nitrogen and oxygen atoms in total. The summed E-state index contributed by atoms with van der Waals surface area (Å²) in [5.41, 5.74) is 0. The van der Waals surface area contributed by atoms with Gasteiger partial charge in [-0.3, -0.25) is 9.48 Å². The second-order valence-corrected chi connectivity index (χ2v) is 7.21. The van der Waals surface area contributed by atoms with Crippen molar-refractivity contribution in [3.63, 3.8) is 0 Å². The van der Waals surface area contributed by atoms with Crippen molar-refractivity contribution in [1.82, 2.24) is 15.1 Å². The first-order valence-electron chi connectivity index (χ1n) is 6.59. The maximum Gasteiger partial charge on any atom is 0.239 e. The van der Waals surface area contributed by atoms with E-state index in [1.165, 1.54) is 0 Å². The van der Waals surface area contributed by atoms with Gasteiger partial charge in [-0.25, -0.2) is 0 Å². The maximum atomic E-state index is 12.1. The number of aromatic nitrogens is 2. The van der Waals surface area contributed by atoms with Crippen LogP contribution in [0.15, 0.2) is 12.3 Å². The average molecular weight is 298 g/mol. The summed E-state index contributed by atoms with van der Waals surface area (Å²) in [5, 5.41) is 10.8. The summed E-state index contributed by atoms with van der Waals surface area (Å²) in [5.74, 6) is 3.88. The van der Waals surface area contributed by atoms with Crippen LogP contribution in [0.3, 0.4) is 0 Å².